The van der Waals surface area contributed by atoms with Crippen molar-refractivity contribution in [2.75, 3.05) is 5.32 Å². The van der Waals surface area contributed by atoms with E-state index in [4.69, 9.17) is 4.42 Å². The van der Waals surface area contributed by atoms with Gasteiger partial charge in [0.2, 0.25) is 0 Å². The molecule has 0 spiro atoms. The number of carbonyl (C=O) groups is 1. The lowest BCUT2D eigenvalue weighted by atomic mass is 10.1. The van der Waals surface area contributed by atoms with Gasteiger partial charge in [0.25, 0.3) is 11.6 Å². The number of nitro groups is 1. The number of hydrogen-bond acceptors (Lipinski definition) is 7. The number of benzene rings is 2. The van der Waals surface area contributed by atoms with Crippen LogP contribution in [0.4, 0.5) is 10.8 Å². The summed E-state index contributed by atoms with van der Waals surface area (Å²) in [6.45, 7) is 0. The van der Waals surface area contributed by atoms with Gasteiger partial charge in [-0.25, -0.2) is 4.98 Å². The van der Waals surface area contributed by atoms with Crippen LogP contribution in [0.15, 0.2) is 81.3 Å². The Labute approximate surface area is 206 Å². The summed E-state index contributed by atoms with van der Waals surface area (Å²) in [4.78, 5) is 28.3. The van der Waals surface area contributed by atoms with Crippen LogP contribution in [0, 0.1) is 21.4 Å². The van der Waals surface area contributed by atoms with E-state index in [2.05, 4.69) is 26.2 Å². The van der Waals surface area contributed by atoms with Gasteiger partial charge in [0.1, 0.15) is 23.2 Å². The van der Waals surface area contributed by atoms with Crippen molar-refractivity contribution in [3.8, 4) is 17.4 Å². The van der Waals surface area contributed by atoms with Crippen molar-refractivity contribution >= 4 is 50.1 Å². The molecule has 2 aromatic carbocycles. The minimum atomic E-state index is -0.611. The highest BCUT2D eigenvalue weighted by Crippen LogP contribution is 2.27. The maximum atomic E-state index is 12.6. The number of furan rings is 1. The lowest BCUT2D eigenvalue weighted by molar-refractivity contribution is -0.384. The van der Waals surface area contributed by atoms with E-state index in [-0.39, 0.29) is 17.0 Å². The molecule has 0 aliphatic rings. The van der Waals surface area contributed by atoms with Crippen LogP contribution in [0.5, 0.6) is 0 Å². The molecule has 10 heteroatoms. The number of amides is 1. The third kappa shape index (κ3) is 5.64. The van der Waals surface area contributed by atoms with Gasteiger partial charge in [0.15, 0.2) is 5.13 Å². The third-order valence-electron chi connectivity index (χ3n) is 4.69. The van der Waals surface area contributed by atoms with Crippen LogP contribution >= 0.6 is 27.3 Å². The fourth-order valence-corrected chi connectivity index (χ4v) is 4.17. The molecular formula is C24H15BrN4O4S. The lowest BCUT2D eigenvalue weighted by Crippen LogP contribution is -2.13. The number of nitrogens with one attached hydrogen (secondary N) is 1. The largest absolute Gasteiger partial charge is 0.457 e. The SMILES string of the molecule is N#C/C(=C/c1ccc(-c2cccc([N+](=O)[O-])c2)o1)C(=O)Nc1ncc(Cc2ccc(Br)cc2)s1. The van der Waals surface area contributed by atoms with Gasteiger partial charge in [-0.05, 0) is 29.8 Å². The monoisotopic (exact) mass is 534 g/mol. The van der Waals surface area contributed by atoms with Crippen molar-refractivity contribution < 1.29 is 14.1 Å². The number of anilines is 1. The number of thiazole rings is 1. The summed E-state index contributed by atoms with van der Waals surface area (Å²) >= 11 is 4.74. The molecule has 4 aromatic rings. The average Bonchev–Trinajstić information content (AvgIpc) is 3.48. The predicted molar refractivity (Wildman–Crippen MR) is 132 cm³/mol. The van der Waals surface area contributed by atoms with E-state index in [0.29, 0.717) is 22.9 Å². The van der Waals surface area contributed by atoms with E-state index in [0.717, 1.165) is 14.9 Å². The summed E-state index contributed by atoms with van der Waals surface area (Å²) in [7, 11) is 0. The molecule has 0 unspecified atom stereocenters. The summed E-state index contributed by atoms with van der Waals surface area (Å²) in [5.74, 6) is 0.0359. The molecule has 0 fully saturated rings. The molecule has 2 heterocycles. The van der Waals surface area contributed by atoms with Crippen LogP contribution in [0.25, 0.3) is 17.4 Å². The fourth-order valence-electron chi connectivity index (χ4n) is 3.06. The van der Waals surface area contributed by atoms with Gasteiger partial charge < -0.3 is 4.42 Å². The Morgan fingerprint density at radius 3 is 2.76 bits per heavy atom. The molecule has 0 atom stereocenters. The number of halogens is 1. The van der Waals surface area contributed by atoms with Crippen molar-refractivity contribution in [1.82, 2.24) is 4.98 Å². The maximum absolute atomic E-state index is 12.6. The van der Waals surface area contributed by atoms with Crippen LogP contribution in [-0.2, 0) is 11.2 Å². The van der Waals surface area contributed by atoms with Gasteiger partial charge in [0, 0.05) is 45.7 Å². The topological polar surface area (TPSA) is 122 Å². The first-order valence-electron chi connectivity index (χ1n) is 9.88. The minimum Gasteiger partial charge on any atom is -0.457 e. The standard InChI is InChI=1S/C24H15BrN4O4S/c25-18-6-4-15(5-7-18)10-21-14-27-24(34-21)28-23(30)17(13-26)12-20-8-9-22(33-20)16-2-1-3-19(11-16)29(31)32/h1-9,11-12,14H,10H2,(H,27,28,30)/b17-12-. The number of hydrogen-bond donors (Lipinski definition) is 1. The molecule has 8 nitrogen and oxygen atoms in total. The number of carbonyl (C=O) groups excluding carboxylic acids is 1. The molecule has 0 bridgehead atoms. The quantitative estimate of drug-likeness (QED) is 0.130. The van der Waals surface area contributed by atoms with Crippen LogP contribution in [0.1, 0.15) is 16.2 Å². The van der Waals surface area contributed by atoms with E-state index in [1.54, 1.807) is 30.5 Å². The molecule has 0 saturated heterocycles. The van der Waals surface area contributed by atoms with Crippen LogP contribution in [0.3, 0.4) is 0 Å². The Morgan fingerprint density at radius 1 is 1.24 bits per heavy atom. The Hall–Kier alpha value is -4.07. The zero-order chi connectivity index (χ0) is 24.1. The Bertz CT molecular complexity index is 1430. The van der Waals surface area contributed by atoms with Crippen molar-refractivity contribution in [3.05, 3.63) is 103 Å². The molecule has 0 saturated carbocycles. The van der Waals surface area contributed by atoms with Crippen molar-refractivity contribution in [3.63, 3.8) is 0 Å². The van der Waals surface area contributed by atoms with E-state index in [1.165, 1.54) is 29.5 Å². The van der Waals surface area contributed by atoms with Gasteiger partial charge in [-0.2, -0.15) is 5.26 Å². The first-order valence-corrected chi connectivity index (χ1v) is 11.5. The Kier molecular flexibility index (Phi) is 6.96. The van der Waals surface area contributed by atoms with Gasteiger partial charge in [-0.1, -0.05) is 40.2 Å². The highest BCUT2D eigenvalue weighted by atomic mass is 79.9. The molecule has 4 rings (SSSR count). The van der Waals surface area contributed by atoms with Crippen LogP contribution in [0.2, 0.25) is 0 Å². The third-order valence-corrected chi connectivity index (χ3v) is 6.13. The van der Waals surface area contributed by atoms with E-state index in [9.17, 15) is 20.2 Å². The zero-order valence-corrected chi connectivity index (χ0v) is 19.8. The number of nitriles is 1. The van der Waals surface area contributed by atoms with E-state index in [1.807, 2.05) is 30.3 Å². The summed E-state index contributed by atoms with van der Waals surface area (Å²) in [5.41, 5.74) is 1.40. The van der Waals surface area contributed by atoms with Crippen molar-refractivity contribution in [2.45, 2.75) is 6.42 Å². The van der Waals surface area contributed by atoms with Gasteiger partial charge in [0.05, 0.1) is 4.92 Å². The molecular weight excluding hydrogens is 520 g/mol. The number of non-ortho nitro benzene ring substituents is 1. The fraction of sp³-hybridized carbons (Fsp3) is 0.0417. The molecule has 2 aromatic heterocycles. The molecule has 1 amide bonds. The second kappa shape index (κ2) is 10.2. The first-order chi connectivity index (χ1) is 16.4. The molecule has 34 heavy (non-hydrogen) atoms. The minimum absolute atomic E-state index is 0.0639. The van der Waals surface area contributed by atoms with E-state index >= 15 is 0 Å². The Balaban J connectivity index is 1.45. The molecule has 0 aliphatic carbocycles. The number of nitrogens with zero attached hydrogens (tertiary/aromatic N) is 3. The summed E-state index contributed by atoms with van der Waals surface area (Å²) in [5, 5.41) is 23.5. The van der Waals surface area contributed by atoms with E-state index < -0.39 is 10.8 Å². The highest BCUT2D eigenvalue weighted by Gasteiger charge is 2.14. The summed E-state index contributed by atoms with van der Waals surface area (Å²) in [6, 6.07) is 19.0. The highest BCUT2D eigenvalue weighted by molar-refractivity contribution is 9.10. The second-order valence-corrected chi connectivity index (χ2v) is 9.10. The average molecular weight is 535 g/mol. The van der Waals surface area contributed by atoms with Gasteiger partial charge in [-0.3, -0.25) is 20.2 Å². The lowest BCUT2D eigenvalue weighted by Gasteiger charge is -2.00. The summed E-state index contributed by atoms with van der Waals surface area (Å²) < 4.78 is 6.67. The van der Waals surface area contributed by atoms with Gasteiger partial charge in [-0.15, -0.1) is 11.3 Å². The van der Waals surface area contributed by atoms with Crippen LogP contribution < -0.4 is 5.32 Å². The normalized spacial score (nSPS) is 11.1. The van der Waals surface area contributed by atoms with Crippen molar-refractivity contribution in [2.24, 2.45) is 0 Å². The maximum Gasteiger partial charge on any atom is 0.270 e. The molecule has 0 radical (unpaired) electrons. The first kappa shape index (κ1) is 23.1. The second-order valence-electron chi connectivity index (χ2n) is 7.07. The summed E-state index contributed by atoms with van der Waals surface area (Å²) in [6.07, 6.45) is 3.68. The molecule has 168 valence electrons. The zero-order valence-electron chi connectivity index (χ0n) is 17.4. The van der Waals surface area contributed by atoms with Crippen LogP contribution in [-0.4, -0.2) is 15.8 Å². The molecule has 1 N–H and O–H groups in total. The predicted octanol–water partition coefficient (Wildman–Crippen LogP) is 6.21. The van der Waals surface area contributed by atoms with Crippen molar-refractivity contribution in [1.29, 1.82) is 5.26 Å². The number of rotatable bonds is 7. The number of nitro benzene ring substituents is 1. The number of aromatic nitrogens is 1. The smallest absolute Gasteiger partial charge is 0.270 e. The Morgan fingerprint density at radius 2 is 2.03 bits per heavy atom. The molecule has 0 aliphatic heterocycles. The van der Waals surface area contributed by atoms with Gasteiger partial charge >= 0.3 is 0 Å².